The van der Waals surface area contributed by atoms with Gasteiger partial charge in [-0.25, -0.2) is 0 Å². The smallest absolute Gasteiger partial charge is 0.191 e. The molecule has 0 bridgehead atoms. The third-order valence-electron chi connectivity index (χ3n) is 5.33. The van der Waals surface area contributed by atoms with Crippen LogP contribution in [0.3, 0.4) is 0 Å². The zero-order valence-electron chi connectivity index (χ0n) is 15.3. The number of aliphatic imine (C=N–C) groups is 1. The van der Waals surface area contributed by atoms with Gasteiger partial charge in [0.05, 0.1) is 6.26 Å². The Morgan fingerprint density at radius 3 is 2.76 bits per heavy atom. The van der Waals surface area contributed by atoms with Gasteiger partial charge in [0.2, 0.25) is 0 Å². The van der Waals surface area contributed by atoms with Gasteiger partial charge < -0.3 is 20.0 Å². The number of nitrogens with zero attached hydrogens (tertiary/aromatic N) is 2. The summed E-state index contributed by atoms with van der Waals surface area (Å²) < 4.78 is 5.38. The lowest BCUT2D eigenvalue weighted by Gasteiger charge is -2.36. The van der Waals surface area contributed by atoms with Gasteiger partial charge in [0, 0.05) is 44.7 Å². The lowest BCUT2D eigenvalue weighted by molar-refractivity contribution is 0.150. The van der Waals surface area contributed by atoms with Gasteiger partial charge in [-0.1, -0.05) is 18.9 Å². The van der Waals surface area contributed by atoms with Gasteiger partial charge in [-0.05, 0) is 37.8 Å². The summed E-state index contributed by atoms with van der Waals surface area (Å²) in [4.78, 5) is 7.40. The molecule has 2 fully saturated rings. The maximum atomic E-state index is 5.38. The highest BCUT2D eigenvalue weighted by atomic mass is 16.3. The van der Waals surface area contributed by atoms with Crippen LogP contribution >= 0.6 is 0 Å². The van der Waals surface area contributed by atoms with Crippen LogP contribution in [0.5, 0.6) is 0 Å². The van der Waals surface area contributed by atoms with Crippen molar-refractivity contribution >= 4 is 5.96 Å². The SMILES string of the molecule is C=CCNC(=NCCc1ccco1)NC1CCN(C2CCCC2)CC1. The summed E-state index contributed by atoms with van der Waals surface area (Å²) in [5, 5.41) is 6.96. The standard InChI is InChI=1S/C20H32N4O/c1-2-12-21-20(22-13-9-19-8-5-16-25-19)23-17-10-14-24(15-11-17)18-6-3-4-7-18/h2,5,8,16-18H,1,3-4,6-7,9-15H2,(H2,21,22,23). The minimum absolute atomic E-state index is 0.511. The van der Waals surface area contributed by atoms with Crippen molar-refractivity contribution in [2.45, 2.75) is 57.0 Å². The van der Waals surface area contributed by atoms with E-state index >= 15 is 0 Å². The summed E-state index contributed by atoms with van der Waals surface area (Å²) in [5.41, 5.74) is 0. The molecule has 1 saturated heterocycles. The van der Waals surface area contributed by atoms with E-state index in [1.807, 2.05) is 18.2 Å². The Labute approximate surface area is 151 Å². The van der Waals surface area contributed by atoms with Crippen molar-refractivity contribution in [1.29, 1.82) is 0 Å². The summed E-state index contributed by atoms with van der Waals surface area (Å²) in [6.45, 7) is 7.66. The Balaban J connectivity index is 1.45. The maximum absolute atomic E-state index is 5.38. The predicted octanol–water partition coefficient (Wildman–Crippen LogP) is 2.95. The zero-order valence-corrected chi connectivity index (χ0v) is 15.3. The van der Waals surface area contributed by atoms with Crippen molar-refractivity contribution in [2.24, 2.45) is 4.99 Å². The fourth-order valence-electron chi connectivity index (χ4n) is 3.93. The molecule has 138 valence electrons. The fourth-order valence-corrected chi connectivity index (χ4v) is 3.93. The van der Waals surface area contributed by atoms with Crippen molar-refractivity contribution in [2.75, 3.05) is 26.2 Å². The first-order chi connectivity index (χ1) is 12.3. The summed E-state index contributed by atoms with van der Waals surface area (Å²) >= 11 is 0. The summed E-state index contributed by atoms with van der Waals surface area (Å²) in [5.74, 6) is 1.88. The minimum atomic E-state index is 0.511. The number of nitrogens with one attached hydrogen (secondary N) is 2. The molecule has 1 saturated carbocycles. The molecule has 25 heavy (non-hydrogen) atoms. The predicted molar refractivity (Wildman–Crippen MR) is 103 cm³/mol. The van der Waals surface area contributed by atoms with Crippen molar-refractivity contribution in [1.82, 2.24) is 15.5 Å². The Kier molecular flexibility index (Phi) is 6.98. The molecule has 2 heterocycles. The number of guanidine groups is 1. The van der Waals surface area contributed by atoms with Gasteiger partial charge in [0.15, 0.2) is 5.96 Å². The van der Waals surface area contributed by atoms with Crippen LogP contribution in [-0.4, -0.2) is 49.1 Å². The molecule has 0 atom stereocenters. The molecule has 2 N–H and O–H groups in total. The van der Waals surface area contributed by atoms with Crippen LogP contribution in [0.15, 0.2) is 40.5 Å². The Morgan fingerprint density at radius 2 is 2.08 bits per heavy atom. The highest BCUT2D eigenvalue weighted by Gasteiger charge is 2.27. The number of likely N-dealkylation sites (tertiary alicyclic amines) is 1. The third kappa shape index (κ3) is 5.63. The van der Waals surface area contributed by atoms with Crippen LogP contribution in [0.2, 0.25) is 0 Å². The number of rotatable bonds is 7. The van der Waals surface area contributed by atoms with E-state index in [-0.39, 0.29) is 0 Å². The lowest BCUT2D eigenvalue weighted by Crippen LogP contribution is -2.50. The van der Waals surface area contributed by atoms with E-state index in [1.54, 1.807) is 6.26 Å². The van der Waals surface area contributed by atoms with Crippen LogP contribution in [-0.2, 0) is 6.42 Å². The maximum Gasteiger partial charge on any atom is 0.191 e. The molecule has 1 aromatic rings. The molecule has 0 radical (unpaired) electrons. The second kappa shape index (κ2) is 9.66. The minimum Gasteiger partial charge on any atom is -0.469 e. The van der Waals surface area contributed by atoms with E-state index in [1.165, 1.54) is 51.6 Å². The molecule has 0 unspecified atom stereocenters. The lowest BCUT2D eigenvalue weighted by atomic mass is 10.0. The van der Waals surface area contributed by atoms with Gasteiger partial charge in [0.25, 0.3) is 0 Å². The molecule has 2 aliphatic rings. The molecular formula is C20H32N4O. The molecule has 0 amide bonds. The summed E-state index contributed by atoms with van der Waals surface area (Å²) in [6.07, 6.45) is 12.4. The van der Waals surface area contributed by atoms with Crippen LogP contribution in [0.25, 0.3) is 0 Å². The molecular weight excluding hydrogens is 312 g/mol. The van der Waals surface area contributed by atoms with Gasteiger partial charge in [-0.3, -0.25) is 4.99 Å². The van der Waals surface area contributed by atoms with Crippen LogP contribution in [0.4, 0.5) is 0 Å². The number of piperidine rings is 1. The molecule has 0 aromatic carbocycles. The second-order valence-corrected chi connectivity index (χ2v) is 7.12. The highest BCUT2D eigenvalue weighted by molar-refractivity contribution is 5.80. The highest BCUT2D eigenvalue weighted by Crippen LogP contribution is 2.26. The molecule has 3 rings (SSSR count). The van der Waals surface area contributed by atoms with Crippen LogP contribution < -0.4 is 10.6 Å². The Bertz CT molecular complexity index is 526. The second-order valence-electron chi connectivity index (χ2n) is 7.12. The topological polar surface area (TPSA) is 52.8 Å². The molecule has 1 aliphatic carbocycles. The monoisotopic (exact) mass is 344 g/mol. The average molecular weight is 345 g/mol. The van der Waals surface area contributed by atoms with Crippen molar-refractivity contribution in [3.05, 3.63) is 36.8 Å². The van der Waals surface area contributed by atoms with E-state index in [9.17, 15) is 0 Å². The average Bonchev–Trinajstić information content (AvgIpc) is 3.34. The summed E-state index contributed by atoms with van der Waals surface area (Å²) in [6, 6.07) is 5.28. The normalized spacial score (nSPS) is 20.7. The van der Waals surface area contributed by atoms with Gasteiger partial charge >= 0.3 is 0 Å². The first kappa shape index (κ1) is 18.1. The van der Waals surface area contributed by atoms with Crippen LogP contribution in [0, 0.1) is 0 Å². The van der Waals surface area contributed by atoms with E-state index < -0.39 is 0 Å². The first-order valence-corrected chi connectivity index (χ1v) is 9.77. The van der Waals surface area contributed by atoms with Crippen molar-refractivity contribution in [3.63, 3.8) is 0 Å². The van der Waals surface area contributed by atoms with Gasteiger partial charge in [-0.15, -0.1) is 6.58 Å². The number of hydrogen-bond donors (Lipinski definition) is 2. The molecule has 0 spiro atoms. The van der Waals surface area contributed by atoms with E-state index in [2.05, 4.69) is 22.1 Å². The van der Waals surface area contributed by atoms with Gasteiger partial charge in [0.1, 0.15) is 5.76 Å². The van der Waals surface area contributed by atoms with E-state index in [0.717, 1.165) is 37.3 Å². The molecule has 1 aliphatic heterocycles. The summed E-state index contributed by atoms with van der Waals surface area (Å²) in [7, 11) is 0. The molecule has 5 nitrogen and oxygen atoms in total. The van der Waals surface area contributed by atoms with E-state index in [4.69, 9.17) is 9.41 Å². The zero-order chi connectivity index (χ0) is 17.3. The molecule has 5 heteroatoms. The van der Waals surface area contributed by atoms with Crippen molar-refractivity contribution in [3.8, 4) is 0 Å². The van der Waals surface area contributed by atoms with Crippen LogP contribution in [0.1, 0.15) is 44.3 Å². The van der Waals surface area contributed by atoms with E-state index in [0.29, 0.717) is 6.04 Å². The first-order valence-electron chi connectivity index (χ1n) is 9.77. The molecule has 1 aromatic heterocycles. The fraction of sp³-hybridized carbons (Fsp3) is 0.650. The van der Waals surface area contributed by atoms with Gasteiger partial charge in [-0.2, -0.15) is 0 Å². The largest absolute Gasteiger partial charge is 0.469 e. The Hall–Kier alpha value is -1.75. The Morgan fingerprint density at radius 1 is 1.28 bits per heavy atom. The van der Waals surface area contributed by atoms with Crippen molar-refractivity contribution < 1.29 is 4.42 Å². The quantitative estimate of drug-likeness (QED) is 0.454. The third-order valence-corrected chi connectivity index (χ3v) is 5.33. The number of furan rings is 1. The number of hydrogen-bond acceptors (Lipinski definition) is 3.